The Labute approximate surface area is 218 Å². The Hall–Kier alpha value is -3.91. The number of aromatic nitrogens is 4. The second-order valence-electron chi connectivity index (χ2n) is 9.51. The van der Waals surface area contributed by atoms with E-state index < -0.39 is 0 Å². The number of nitrogens with zero attached hydrogens (tertiary/aromatic N) is 4. The van der Waals surface area contributed by atoms with Gasteiger partial charge in [0.15, 0.2) is 5.16 Å². The van der Waals surface area contributed by atoms with Gasteiger partial charge in [0.25, 0.3) is 5.56 Å². The summed E-state index contributed by atoms with van der Waals surface area (Å²) in [5, 5.41) is 13.2. The van der Waals surface area contributed by atoms with Crippen LogP contribution in [0.4, 0.5) is 0 Å². The maximum absolute atomic E-state index is 13.4. The smallest absolute Gasteiger partial charge is 0.263 e. The van der Waals surface area contributed by atoms with E-state index in [0.29, 0.717) is 22.9 Å². The molecule has 8 heteroatoms. The third-order valence-electron chi connectivity index (χ3n) is 6.98. The molecular weight excluding hydrogens is 482 g/mol. The van der Waals surface area contributed by atoms with Crippen molar-refractivity contribution in [1.29, 1.82) is 0 Å². The van der Waals surface area contributed by atoms with Crippen LogP contribution in [0.25, 0.3) is 16.7 Å². The number of aryl methyl sites for hydroxylation is 2. The van der Waals surface area contributed by atoms with Gasteiger partial charge in [-0.15, -0.1) is 10.2 Å². The average molecular weight is 510 g/mol. The molecule has 6 rings (SSSR count). The molecule has 3 aromatic carbocycles. The molecule has 7 nitrogen and oxygen atoms in total. The van der Waals surface area contributed by atoms with Gasteiger partial charge >= 0.3 is 0 Å². The lowest BCUT2D eigenvalue weighted by molar-refractivity contribution is -0.119. The average Bonchev–Trinajstić information content (AvgIpc) is 3.35. The van der Waals surface area contributed by atoms with Crippen LogP contribution < -0.4 is 10.9 Å². The minimum atomic E-state index is -0.110. The number of hydrogen-bond acceptors (Lipinski definition) is 5. The molecule has 1 amide bonds. The molecule has 1 aliphatic carbocycles. The highest BCUT2D eigenvalue weighted by atomic mass is 32.2. The molecule has 5 aromatic rings. The fraction of sp³-hybridized carbons (Fsp3) is 0.241. The van der Waals surface area contributed by atoms with Crippen molar-refractivity contribution in [3.8, 4) is 0 Å². The zero-order chi connectivity index (χ0) is 25.4. The lowest BCUT2D eigenvalue weighted by Gasteiger charge is -2.26. The maximum Gasteiger partial charge on any atom is 0.263 e. The van der Waals surface area contributed by atoms with Gasteiger partial charge in [-0.05, 0) is 55.0 Å². The van der Waals surface area contributed by atoms with Gasteiger partial charge in [0.2, 0.25) is 11.7 Å². The maximum atomic E-state index is 13.4. The van der Waals surface area contributed by atoms with Crippen LogP contribution in [-0.2, 0) is 17.8 Å². The van der Waals surface area contributed by atoms with E-state index in [4.69, 9.17) is 0 Å². The molecule has 0 aliphatic heterocycles. The highest BCUT2D eigenvalue weighted by Gasteiger charge is 2.22. The van der Waals surface area contributed by atoms with E-state index in [-0.39, 0.29) is 23.3 Å². The largest absolute Gasteiger partial charge is 0.349 e. The van der Waals surface area contributed by atoms with E-state index in [1.165, 1.54) is 22.9 Å². The van der Waals surface area contributed by atoms with Crippen molar-refractivity contribution in [2.24, 2.45) is 0 Å². The highest BCUT2D eigenvalue weighted by molar-refractivity contribution is 7.99. The Morgan fingerprint density at radius 3 is 2.68 bits per heavy atom. The van der Waals surface area contributed by atoms with E-state index in [1.807, 2.05) is 65.9 Å². The lowest BCUT2D eigenvalue weighted by atomic mass is 9.88. The number of fused-ring (bicyclic) bond motifs is 4. The summed E-state index contributed by atoms with van der Waals surface area (Å²) in [5.41, 5.74) is 5.32. The first-order valence-electron chi connectivity index (χ1n) is 12.5. The number of nitrogens with one attached hydrogen (secondary N) is 1. The Morgan fingerprint density at radius 1 is 1.03 bits per heavy atom. The molecule has 1 N–H and O–H groups in total. The van der Waals surface area contributed by atoms with Crippen LogP contribution in [0.5, 0.6) is 0 Å². The Morgan fingerprint density at radius 2 is 1.81 bits per heavy atom. The molecule has 2 heterocycles. The van der Waals surface area contributed by atoms with E-state index in [1.54, 1.807) is 4.57 Å². The van der Waals surface area contributed by atoms with Crippen LogP contribution in [0.2, 0.25) is 0 Å². The summed E-state index contributed by atoms with van der Waals surface area (Å²) in [6.07, 6.45) is 3.06. The molecule has 1 atom stereocenters. The van der Waals surface area contributed by atoms with Gasteiger partial charge in [0, 0.05) is 0 Å². The van der Waals surface area contributed by atoms with Crippen molar-refractivity contribution in [3.63, 3.8) is 0 Å². The fourth-order valence-electron chi connectivity index (χ4n) is 5.12. The van der Waals surface area contributed by atoms with Gasteiger partial charge in [-0.2, -0.15) is 0 Å². The summed E-state index contributed by atoms with van der Waals surface area (Å²) >= 11 is 1.33. The number of hydrogen-bond donors (Lipinski definition) is 1. The second kappa shape index (κ2) is 9.86. The minimum absolute atomic E-state index is 0.0358. The van der Waals surface area contributed by atoms with E-state index in [9.17, 15) is 9.59 Å². The normalized spacial score (nSPS) is 15.1. The number of thioether (sulfide) groups is 1. The van der Waals surface area contributed by atoms with E-state index in [2.05, 4.69) is 33.7 Å². The number of amides is 1. The van der Waals surface area contributed by atoms with Crippen molar-refractivity contribution >= 4 is 34.3 Å². The monoisotopic (exact) mass is 509 g/mol. The Bertz CT molecular complexity index is 1670. The standard InChI is InChI=1S/C29H27N5O2S/c1-19-13-15-20(16-14-19)17-33-27(36)23-10-4-5-12-25(23)34-28(33)31-32-29(34)37-18-26(35)30-24-11-6-8-21-7-2-3-9-22(21)24/h2-5,7,9-10,12-16,24H,6,8,11,17-18H2,1H3,(H,30,35). The Balaban J connectivity index is 1.29. The molecule has 0 radical (unpaired) electrons. The van der Waals surface area contributed by atoms with Crippen LogP contribution in [0.3, 0.4) is 0 Å². The first-order valence-corrected chi connectivity index (χ1v) is 13.5. The van der Waals surface area contributed by atoms with Crippen LogP contribution >= 0.6 is 11.8 Å². The number of benzene rings is 3. The van der Waals surface area contributed by atoms with E-state index in [0.717, 1.165) is 35.9 Å². The molecule has 0 saturated carbocycles. The first-order chi connectivity index (χ1) is 18.1. The number of rotatable bonds is 6. The molecule has 1 unspecified atom stereocenters. The number of para-hydroxylation sites is 1. The van der Waals surface area contributed by atoms with Gasteiger partial charge < -0.3 is 5.32 Å². The summed E-state index contributed by atoms with van der Waals surface area (Å²) in [4.78, 5) is 26.4. The summed E-state index contributed by atoms with van der Waals surface area (Å²) in [5.74, 6) is 0.638. The van der Waals surface area contributed by atoms with Gasteiger partial charge in [-0.3, -0.25) is 18.6 Å². The highest BCUT2D eigenvalue weighted by Crippen LogP contribution is 2.30. The first kappa shape index (κ1) is 23.5. The quantitative estimate of drug-likeness (QED) is 0.336. The number of carbonyl (C=O) groups excluding carboxylic acids is 1. The van der Waals surface area contributed by atoms with Crippen LogP contribution in [0, 0.1) is 6.92 Å². The molecular formula is C29H27N5O2S. The third-order valence-corrected chi connectivity index (χ3v) is 7.91. The molecule has 0 bridgehead atoms. The molecule has 37 heavy (non-hydrogen) atoms. The summed E-state index contributed by atoms with van der Waals surface area (Å²) in [6, 6.07) is 24.0. The van der Waals surface area contributed by atoms with E-state index >= 15 is 0 Å². The summed E-state index contributed by atoms with van der Waals surface area (Å²) in [6.45, 7) is 2.42. The van der Waals surface area contributed by atoms with Crippen LogP contribution in [0.15, 0.2) is 82.7 Å². The summed E-state index contributed by atoms with van der Waals surface area (Å²) < 4.78 is 3.54. The Kier molecular flexibility index (Phi) is 6.26. The minimum Gasteiger partial charge on any atom is -0.349 e. The van der Waals surface area contributed by atoms with Crippen molar-refractivity contribution < 1.29 is 4.79 Å². The molecule has 0 spiro atoms. The van der Waals surface area contributed by atoms with Gasteiger partial charge in [0.1, 0.15) is 0 Å². The molecule has 0 saturated heterocycles. The second-order valence-corrected chi connectivity index (χ2v) is 10.5. The van der Waals surface area contributed by atoms with Gasteiger partial charge in [0.05, 0.1) is 29.2 Å². The van der Waals surface area contributed by atoms with Gasteiger partial charge in [-0.25, -0.2) is 0 Å². The SMILES string of the molecule is Cc1ccc(Cn2c(=O)c3ccccc3n3c(SCC(=O)NC4CCCc5ccccc54)nnc23)cc1. The van der Waals surface area contributed by atoms with Crippen molar-refractivity contribution in [2.75, 3.05) is 5.75 Å². The van der Waals surface area contributed by atoms with Crippen LogP contribution in [0.1, 0.15) is 41.1 Å². The fourth-order valence-corrected chi connectivity index (χ4v) is 5.87. The zero-order valence-electron chi connectivity index (χ0n) is 20.6. The van der Waals surface area contributed by atoms with Crippen molar-refractivity contribution in [2.45, 2.75) is 43.9 Å². The molecule has 2 aromatic heterocycles. The predicted molar refractivity (Wildman–Crippen MR) is 146 cm³/mol. The topological polar surface area (TPSA) is 81.3 Å². The number of carbonyl (C=O) groups is 1. The zero-order valence-corrected chi connectivity index (χ0v) is 21.4. The molecule has 0 fully saturated rings. The summed E-state index contributed by atoms with van der Waals surface area (Å²) in [7, 11) is 0. The lowest BCUT2D eigenvalue weighted by Crippen LogP contribution is -2.32. The predicted octanol–water partition coefficient (Wildman–Crippen LogP) is 4.69. The molecule has 1 aliphatic rings. The van der Waals surface area contributed by atoms with Crippen molar-refractivity contribution in [1.82, 2.24) is 24.5 Å². The van der Waals surface area contributed by atoms with Crippen molar-refractivity contribution in [3.05, 3.63) is 105 Å². The third kappa shape index (κ3) is 4.53. The molecule has 186 valence electrons. The van der Waals surface area contributed by atoms with Crippen LogP contribution in [-0.4, -0.2) is 30.8 Å². The van der Waals surface area contributed by atoms with Gasteiger partial charge in [-0.1, -0.05) is 78.0 Å².